The van der Waals surface area contributed by atoms with Gasteiger partial charge < -0.3 is 0 Å². The average molecular weight is 323 g/mol. The molecule has 0 aromatic heterocycles. The van der Waals surface area contributed by atoms with Crippen LogP contribution < -0.4 is 13.2 Å². The second-order valence-electron chi connectivity index (χ2n) is 4.76. The monoisotopic (exact) mass is 324 g/mol. The molecule has 0 aliphatic rings. The third-order valence-corrected chi connectivity index (χ3v) is 10.6. The fraction of sp³-hybridized carbons (Fsp3) is 0. The summed E-state index contributed by atoms with van der Waals surface area (Å²) in [5.41, 5.74) is 0. The van der Waals surface area contributed by atoms with Gasteiger partial charge in [0, 0.05) is 0 Å². The predicted molar refractivity (Wildman–Crippen MR) is 85.1 cm³/mol. The van der Waals surface area contributed by atoms with E-state index in [1.807, 2.05) is 91.0 Å². The van der Waals surface area contributed by atoms with Crippen molar-refractivity contribution in [2.75, 3.05) is 0 Å². The van der Waals surface area contributed by atoms with Crippen molar-refractivity contribution in [1.82, 2.24) is 0 Å². The fourth-order valence-electron chi connectivity index (χ4n) is 2.50. The van der Waals surface area contributed by atoms with Crippen LogP contribution in [-0.2, 0) is 0 Å². The van der Waals surface area contributed by atoms with Crippen molar-refractivity contribution in [2.24, 2.45) is 0 Å². The molecule has 20 heavy (non-hydrogen) atoms. The van der Waals surface area contributed by atoms with Crippen molar-refractivity contribution in [2.45, 2.75) is 0 Å². The van der Waals surface area contributed by atoms with Crippen molar-refractivity contribution in [1.29, 1.82) is 0 Å². The van der Waals surface area contributed by atoms with Crippen LogP contribution >= 0.6 is 0 Å². The minimum absolute atomic E-state index is 0.838. The summed E-state index contributed by atoms with van der Waals surface area (Å²) < 4.78 is 18.7. The molecule has 0 atom stereocenters. The molecule has 3 aromatic rings. The molecule has 3 rings (SSSR count). The Balaban J connectivity index is 2.24. The molecule has 0 aliphatic heterocycles. The second-order valence-corrected chi connectivity index (χ2v) is 11.2. The Kier molecular flexibility index (Phi) is 3.70. The Morgan fingerprint density at radius 3 is 0.950 bits per heavy atom. The van der Waals surface area contributed by atoms with Crippen LogP contribution in [0.2, 0.25) is 0 Å². The number of hydrogen-bond acceptors (Lipinski definition) is 0. The number of halogens is 1. The van der Waals surface area contributed by atoms with Crippen LogP contribution in [0.3, 0.4) is 0 Å². The molecule has 0 saturated heterocycles. The van der Waals surface area contributed by atoms with Gasteiger partial charge in [0.25, 0.3) is 0 Å². The molecule has 98 valence electrons. The van der Waals surface area contributed by atoms with Crippen LogP contribution in [0.1, 0.15) is 0 Å². The number of benzene rings is 3. The topological polar surface area (TPSA) is 0 Å². The van der Waals surface area contributed by atoms with Gasteiger partial charge in [-0.25, -0.2) is 0 Å². The first kappa shape index (κ1) is 13.1. The first-order valence-corrected chi connectivity index (χ1v) is 10.6. The van der Waals surface area contributed by atoms with Gasteiger partial charge in [0.1, 0.15) is 0 Å². The van der Waals surface area contributed by atoms with Gasteiger partial charge in [-0.1, -0.05) is 0 Å². The third kappa shape index (κ3) is 2.29. The van der Waals surface area contributed by atoms with E-state index >= 15 is 3.50 Å². The second kappa shape index (κ2) is 5.63. The normalized spacial score (nSPS) is 11.2. The Bertz CT molecular complexity index is 569. The minimum atomic E-state index is -3.99. The van der Waals surface area contributed by atoms with Crippen LogP contribution in [0.4, 0.5) is 3.50 Å². The number of hydrogen-bond donors (Lipinski definition) is 0. The van der Waals surface area contributed by atoms with E-state index in [4.69, 9.17) is 0 Å². The molecule has 0 spiro atoms. The van der Waals surface area contributed by atoms with Crippen LogP contribution in [-0.4, -0.2) is 13.7 Å². The zero-order valence-electron chi connectivity index (χ0n) is 11.0. The van der Waals surface area contributed by atoms with E-state index < -0.39 is 13.7 Å². The first-order chi connectivity index (χ1) is 9.82. The maximum atomic E-state index is 16.2. The van der Waals surface area contributed by atoms with Gasteiger partial charge in [-0.3, -0.25) is 0 Å². The van der Waals surface area contributed by atoms with Crippen molar-refractivity contribution >= 4 is 26.9 Å². The molecule has 3 aromatic carbocycles. The molecule has 0 nitrogen and oxygen atoms in total. The van der Waals surface area contributed by atoms with E-state index in [1.165, 1.54) is 0 Å². The molecule has 0 amide bonds. The Hall–Kier alpha value is -1.87. The van der Waals surface area contributed by atoms with E-state index in [2.05, 4.69) is 0 Å². The van der Waals surface area contributed by atoms with E-state index in [9.17, 15) is 0 Å². The first-order valence-electron chi connectivity index (χ1n) is 6.67. The summed E-state index contributed by atoms with van der Waals surface area (Å²) in [5.74, 6) is 0. The van der Waals surface area contributed by atoms with Crippen LogP contribution in [0.25, 0.3) is 0 Å². The predicted octanol–water partition coefficient (Wildman–Crippen LogP) is 2.62. The Morgan fingerprint density at radius 1 is 0.450 bits per heavy atom. The summed E-state index contributed by atoms with van der Waals surface area (Å²) >= 11 is -3.99. The van der Waals surface area contributed by atoms with Crippen LogP contribution in [0.5, 0.6) is 0 Å². The number of rotatable bonds is 3. The summed E-state index contributed by atoms with van der Waals surface area (Å²) in [7, 11) is 0. The average Bonchev–Trinajstić information content (AvgIpc) is 2.56. The standard InChI is InChI=1S/C18H15FGe/c19-20(16-10-4-1-5-11-16,17-12-6-2-7-13-17)18-14-8-3-9-15-18/h1-15H. The fourth-order valence-corrected chi connectivity index (χ4v) is 8.70. The molecular weight excluding hydrogens is 308 g/mol. The van der Waals surface area contributed by atoms with Crippen molar-refractivity contribution < 1.29 is 3.50 Å². The van der Waals surface area contributed by atoms with Crippen molar-refractivity contribution in [3.05, 3.63) is 91.0 Å². The van der Waals surface area contributed by atoms with E-state index in [0.29, 0.717) is 0 Å². The van der Waals surface area contributed by atoms with Gasteiger partial charge >= 0.3 is 121 Å². The van der Waals surface area contributed by atoms with E-state index in [0.717, 1.165) is 13.2 Å². The molecule has 0 bridgehead atoms. The summed E-state index contributed by atoms with van der Waals surface area (Å²) in [6.45, 7) is 0. The van der Waals surface area contributed by atoms with E-state index in [1.54, 1.807) is 0 Å². The third-order valence-electron chi connectivity index (χ3n) is 3.51. The quantitative estimate of drug-likeness (QED) is 0.650. The molecule has 2 heteroatoms. The molecule has 0 radical (unpaired) electrons. The van der Waals surface area contributed by atoms with Gasteiger partial charge in [0.15, 0.2) is 0 Å². The maximum absolute atomic E-state index is 16.2. The molecule has 0 N–H and O–H groups in total. The van der Waals surface area contributed by atoms with Crippen LogP contribution in [0.15, 0.2) is 91.0 Å². The van der Waals surface area contributed by atoms with Gasteiger partial charge in [0.2, 0.25) is 0 Å². The summed E-state index contributed by atoms with van der Waals surface area (Å²) in [5, 5.41) is 0. The molecule has 0 aliphatic carbocycles. The molecule has 0 fully saturated rings. The molecular formula is C18H15FGe. The van der Waals surface area contributed by atoms with Crippen molar-refractivity contribution in [3.63, 3.8) is 0 Å². The summed E-state index contributed by atoms with van der Waals surface area (Å²) in [4.78, 5) is 0. The summed E-state index contributed by atoms with van der Waals surface area (Å²) in [6, 6.07) is 28.8. The molecule has 0 unspecified atom stereocenters. The molecule has 0 saturated carbocycles. The Labute approximate surface area is 121 Å². The van der Waals surface area contributed by atoms with Gasteiger partial charge in [-0.15, -0.1) is 0 Å². The van der Waals surface area contributed by atoms with Crippen LogP contribution in [0, 0.1) is 0 Å². The Morgan fingerprint density at radius 2 is 0.700 bits per heavy atom. The molecule has 0 heterocycles. The summed E-state index contributed by atoms with van der Waals surface area (Å²) in [6.07, 6.45) is 0. The van der Waals surface area contributed by atoms with Gasteiger partial charge in [0.05, 0.1) is 0 Å². The zero-order chi connectivity index (χ0) is 13.8. The SMILES string of the molecule is [F][Ge]([c]1ccccc1)([c]1ccccc1)[c]1ccccc1. The van der Waals surface area contributed by atoms with Gasteiger partial charge in [-0.05, 0) is 0 Å². The van der Waals surface area contributed by atoms with Gasteiger partial charge in [-0.2, -0.15) is 0 Å². The van der Waals surface area contributed by atoms with E-state index in [-0.39, 0.29) is 0 Å². The van der Waals surface area contributed by atoms with Crippen molar-refractivity contribution in [3.8, 4) is 0 Å². The zero-order valence-corrected chi connectivity index (χ0v) is 13.1.